The van der Waals surface area contributed by atoms with E-state index < -0.39 is 0 Å². The molecule has 3 nitrogen and oxygen atoms in total. The minimum atomic E-state index is 0.898. The third-order valence-electron chi connectivity index (χ3n) is 3.61. The van der Waals surface area contributed by atoms with Gasteiger partial charge in [-0.1, -0.05) is 0 Å². The smallest absolute Gasteiger partial charge is 0.143 e. The number of methoxy groups -OCH3 is 2. The molecule has 1 N–H and O–H groups in total. The summed E-state index contributed by atoms with van der Waals surface area (Å²) >= 11 is 0. The minimum Gasteiger partial charge on any atom is -0.496 e. The van der Waals surface area contributed by atoms with E-state index in [1.54, 1.807) is 14.2 Å². The number of ether oxygens (including phenoxy) is 2. The summed E-state index contributed by atoms with van der Waals surface area (Å²) in [5.41, 5.74) is 3.86. The van der Waals surface area contributed by atoms with Crippen molar-refractivity contribution in [2.24, 2.45) is 0 Å². The normalized spacial score (nSPS) is 14.7. The van der Waals surface area contributed by atoms with Crippen LogP contribution in [0, 0.1) is 0 Å². The van der Waals surface area contributed by atoms with Gasteiger partial charge in [-0.2, -0.15) is 0 Å². The van der Waals surface area contributed by atoms with Crippen molar-refractivity contribution in [3.05, 3.63) is 23.4 Å². The Bertz CT molecular complexity index is 557. The summed E-state index contributed by atoms with van der Waals surface area (Å²) in [5, 5.41) is 1.21. The predicted octanol–water partition coefficient (Wildman–Crippen LogP) is 3.06. The number of rotatable bonds is 2. The predicted molar refractivity (Wildman–Crippen MR) is 68.0 cm³/mol. The van der Waals surface area contributed by atoms with Gasteiger partial charge in [0.15, 0.2) is 0 Å². The van der Waals surface area contributed by atoms with Crippen LogP contribution in [0.2, 0.25) is 0 Å². The van der Waals surface area contributed by atoms with Crippen LogP contribution in [0.1, 0.15) is 24.1 Å². The zero-order valence-electron chi connectivity index (χ0n) is 10.3. The molecule has 0 aliphatic heterocycles. The number of benzene rings is 1. The molecule has 1 heterocycles. The van der Waals surface area contributed by atoms with Gasteiger partial charge in [0, 0.05) is 11.1 Å². The van der Waals surface area contributed by atoms with E-state index in [0.717, 1.165) is 29.9 Å². The van der Waals surface area contributed by atoms with Crippen LogP contribution >= 0.6 is 0 Å². The molecule has 0 saturated heterocycles. The summed E-state index contributed by atoms with van der Waals surface area (Å²) < 4.78 is 10.9. The fraction of sp³-hybridized carbons (Fsp3) is 0.429. The molecule has 0 amide bonds. The molecule has 90 valence electrons. The van der Waals surface area contributed by atoms with Gasteiger partial charge in [0.25, 0.3) is 0 Å². The van der Waals surface area contributed by atoms with Crippen molar-refractivity contribution in [2.45, 2.75) is 25.7 Å². The quantitative estimate of drug-likeness (QED) is 0.862. The van der Waals surface area contributed by atoms with Crippen LogP contribution in [-0.4, -0.2) is 19.2 Å². The van der Waals surface area contributed by atoms with Gasteiger partial charge in [0.1, 0.15) is 11.5 Å². The molecule has 1 aliphatic carbocycles. The van der Waals surface area contributed by atoms with Gasteiger partial charge in [-0.25, -0.2) is 0 Å². The van der Waals surface area contributed by atoms with Gasteiger partial charge < -0.3 is 14.5 Å². The van der Waals surface area contributed by atoms with Gasteiger partial charge in [-0.3, -0.25) is 0 Å². The minimum absolute atomic E-state index is 0.898. The number of hydrogen-bond donors (Lipinski definition) is 1. The summed E-state index contributed by atoms with van der Waals surface area (Å²) in [6, 6.07) is 3.95. The van der Waals surface area contributed by atoms with E-state index >= 15 is 0 Å². The highest BCUT2D eigenvalue weighted by Gasteiger charge is 2.20. The molecule has 2 aromatic rings. The van der Waals surface area contributed by atoms with Crippen molar-refractivity contribution in [1.82, 2.24) is 4.98 Å². The highest BCUT2D eigenvalue weighted by molar-refractivity contribution is 5.95. The number of hydrogen-bond acceptors (Lipinski definition) is 2. The number of aromatic nitrogens is 1. The maximum absolute atomic E-state index is 5.48. The molecule has 0 unspecified atom stereocenters. The van der Waals surface area contributed by atoms with E-state index in [1.807, 2.05) is 12.1 Å². The number of nitrogens with one attached hydrogen (secondary N) is 1. The summed E-state index contributed by atoms with van der Waals surface area (Å²) in [7, 11) is 3.44. The zero-order valence-corrected chi connectivity index (χ0v) is 10.3. The van der Waals surface area contributed by atoms with Crippen molar-refractivity contribution in [3.63, 3.8) is 0 Å². The van der Waals surface area contributed by atoms with Crippen LogP contribution in [-0.2, 0) is 12.8 Å². The van der Waals surface area contributed by atoms with Crippen LogP contribution < -0.4 is 9.47 Å². The van der Waals surface area contributed by atoms with Crippen molar-refractivity contribution >= 4 is 10.9 Å². The highest BCUT2D eigenvalue weighted by atomic mass is 16.5. The first-order valence-electron chi connectivity index (χ1n) is 6.09. The standard InChI is InChI=1S/C14H17NO2/c1-16-11-7-8-12(17-2)14-13(11)9-5-3-4-6-10(9)15-14/h7-8,15H,3-6H2,1-2H3. The molecule has 1 aliphatic rings. The second-order valence-electron chi connectivity index (χ2n) is 4.51. The second-order valence-corrected chi connectivity index (χ2v) is 4.51. The molecule has 0 atom stereocenters. The Hall–Kier alpha value is -1.64. The van der Waals surface area contributed by atoms with Crippen molar-refractivity contribution in [3.8, 4) is 11.5 Å². The Labute approximate surface area is 101 Å². The maximum atomic E-state index is 5.48. The molecule has 3 rings (SSSR count). The van der Waals surface area contributed by atoms with E-state index in [4.69, 9.17) is 9.47 Å². The molecule has 0 saturated carbocycles. The number of aromatic amines is 1. The van der Waals surface area contributed by atoms with Crippen LogP contribution in [0.4, 0.5) is 0 Å². The van der Waals surface area contributed by atoms with E-state index in [0.29, 0.717) is 0 Å². The van der Waals surface area contributed by atoms with E-state index in [1.165, 1.54) is 29.5 Å². The lowest BCUT2D eigenvalue weighted by molar-refractivity contribution is 0.410. The molecule has 0 radical (unpaired) electrons. The monoisotopic (exact) mass is 231 g/mol. The molecule has 3 heteroatoms. The zero-order chi connectivity index (χ0) is 11.8. The molecule has 1 aromatic heterocycles. The summed E-state index contributed by atoms with van der Waals surface area (Å²) in [6.45, 7) is 0. The number of H-pyrrole nitrogens is 1. The van der Waals surface area contributed by atoms with Gasteiger partial charge in [-0.05, 0) is 43.4 Å². The number of fused-ring (bicyclic) bond motifs is 3. The molecule has 0 spiro atoms. The Morgan fingerprint density at radius 1 is 1.00 bits per heavy atom. The lowest BCUT2D eigenvalue weighted by atomic mass is 9.95. The van der Waals surface area contributed by atoms with Crippen molar-refractivity contribution < 1.29 is 9.47 Å². The average molecular weight is 231 g/mol. The lowest BCUT2D eigenvalue weighted by Crippen LogP contribution is -2.00. The first-order chi connectivity index (χ1) is 8.35. The molecule has 0 bridgehead atoms. The van der Waals surface area contributed by atoms with Gasteiger partial charge in [-0.15, -0.1) is 0 Å². The first kappa shape index (κ1) is 10.5. The molecule has 1 aromatic carbocycles. The summed E-state index contributed by atoms with van der Waals surface area (Å²) in [4.78, 5) is 3.51. The topological polar surface area (TPSA) is 34.2 Å². The maximum Gasteiger partial charge on any atom is 0.143 e. The Morgan fingerprint density at radius 2 is 1.71 bits per heavy atom. The SMILES string of the molecule is COc1ccc(OC)c2c3c([nH]c12)CCCC3. The van der Waals surface area contributed by atoms with Crippen molar-refractivity contribution in [1.29, 1.82) is 0 Å². The Kier molecular flexibility index (Phi) is 2.46. The van der Waals surface area contributed by atoms with Crippen LogP contribution in [0.5, 0.6) is 11.5 Å². The molecule has 17 heavy (non-hydrogen) atoms. The van der Waals surface area contributed by atoms with Crippen LogP contribution in [0.25, 0.3) is 10.9 Å². The Balaban J connectivity index is 2.34. The largest absolute Gasteiger partial charge is 0.496 e. The first-order valence-corrected chi connectivity index (χ1v) is 6.09. The fourth-order valence-corrected chi connectivity index (χ4v) is 2.80. The molecule has 0 fully saturated rings. The average Bonchev–Trinajstić information content (AvgIpc) is 2.77. The van der Waals surface area contributed by atoms with Gasteiger partial charge in [0.05, 0.1) is 19.7 Å². The third kappa shape index (κ3) is 1.49. The van der Waals surface area contributed by atoms with Crippen LogP contribution in [0.15, 0.2) is 12.1 Å². The van der Waals surface area contributed by atoms with E-state index in [-0.39, 0.29) is 0 Å². The second kappa shape index (κ2) is 3.99. The Morgan fingerprint density at radius 3 is 2.47 bits per heavy atom. The van der Waals surface area contributed by atoms with E-state index in [2.05, 4.69) is 4.98 Å². The van der Waals surface area contributed by atoms with Gasteiger partial charge >= 0.3 is 0 Å². The summed E-state index contributed by atoms with van der Waals surface area (Å²) in [5.74, 6) is 1.84. The fourth-order valence-electron chi connectivity index (χ4n) is 2.80. The lowest BCUT2D eigenvalue weighted by Gasteiger charge is -2.11. The van der Waals surface area contributed by atoms with Crippen molar-refractivity contribution in [2.75, 3.05) is 14.2 Å². The highest BCUT2D eigenvalue weighted by Crippen LogP contribution is 2.39. The van der Waals surface area contributed by atoms with Gasteiger partial charge in [0.2, 0.25) is 0 Å². The van der Waals surface area contributed by atoms with E-state index in [9.17, 15) is 0 Å². The number of aryl methyl sites for hydroxylation is 2. The molecular weight excluding hydrogens is 214 g/mol. The van der Waals surface area contributed by atoms with Crippen LogP contribution in [0.3, 0.4) is 0 Å². The molecular formula is C14H17NO2. The summed E-state index contributed by atoms with van der Waals surface area (Å²) in [6.07, 6.45) is 4.81. The third-order valence-corrected chi connectivity index (χ3v) is 3.61.